The van der Waals surface area contributed by atoms with Crippen LogP contribution in [0.4, 0.5) is 0 Å². The van der Waals surface area contributed by atoms with E-state index in [-0.39, 0.29) is 10.2 Å². The van der Waals surface area contributed by atoms with E-state index >= 15 is 0 Å². The van der Waals surface area contributed by atoms with Crippen LogP contribution >= 0.6 is 7.80 Å². The van der Waals surface area contributed by atoms with Crippen LogP contribution in [-0.4, -0.2) is 13.0 Å². The molecule has 2 rings (SSSR count). The Morgan fingerprint density at radius 3 is 2.06 bits per heavy atom. The molecule has 0 saturated heterocycles. The Kier molecular flexibility index (Phi) is 3.57. The van der Waals surface area contributed by atoms with Gasteiger partial charge in [-0.2, -0.15) is 8.42 Å². The maximum atomic E-state index is 12.3. The third-order valence-electron chi connectivity index (χ3n) is 2.35. The molecule has 0 spiro atoms. The highest BCUT2D eigenvalue weighted by atomic mass is 32.2. The quantitative estimate of drug-likeness (QED) is 0.686. The summed E-state index contributed by atoms with van der Waals surface area (Å²) in [5.74, 6) is 0. The molecule has 1 atom stereocenters. The standard InChI is InChI=1S/C12H9O4PS/c13-17(10-6-2-1-3-7-10)11-8-4-5-9-12(11)18(14,15)16/h1-9H/p+1. The monoisotopic (exact) mass is 281 g/mol. The van der Waals surface area contributed by atoms with Crippen molar-refractivity contribution < 1.29 is 17.5 Å². The van der Waals surface area contributed by atoms with E-state index in [1.807, 2.05) is 0 Å². The average molecular weight is 281 g/mol. The van der Waals surface area contributed by atoms with Crippen molar-refractivity contribution in [2.45, 2.75) is 4.90 Å². The van der Waals surface area contributed by atoms with Crippen molar-refractivity contribution in [2.24, 2.45) is 0 Å². The Hall–Kier alpha value is -1.55. The van der Waals surface area contributed by atoms with Gasteiger partial charge < -0.3 is 0 Å². The maximum absolute atomic E-state index is 12.3. The van der Waals surface area contributed by atoms with Crippen molar-refractivity contribution in [1.29, 1.82) is 0 Å². The number of hydrogen-bond acceptors (Lipinski definition) is 3. The Balaban J connectivity index is 2.57. The molecule has 0 radical (unpaired) electrons. The SMILES string of the molecule is O=[P+](c1ccccc1)c1ccccc1S(=O)(=O)O. The summed E-state index contributed by atoms with van der Waals surface area (Å²) in [4.78, 5) is -0.310. The molecule has 0 saturated carbocycles. The zero-order valence-corrected chi connectivity index (χ0v) is 10.9. The van der Waals surface area contributed by atoms with Gasteiger partial charge in [-0.1, -0.05) is 34.9 Å². The van der Waals surface area contributed by atoms with E-state index in [1.165, 1.54) is 18.2 Å². The highest BCUT2D eigenvalue weighted by molar-refractivity contribution is 7.86. The Morgan fingerprint density at radius 2 is 1.44 bits per heavy atom. The van der Waals surface area contributed by atoms with E-state index in [2.05, 4.69) is 0 Å². The minimum atomic E-state index is -4.37. The van der Waals surface area contributed by atoms with Crippen molar-refractivity contribution in [3.63, 3.8) is 0 Å². The molecule has 0 fully saturated rings. The van der Waals surface area contributed by atoms with Gasteiger partial charge in [0, 0.05) is 0 Å². The van der Waals surface area contributed by atoms with Crippen LogP contribution in [-0.2, 0) is 14.7 Å². The fourth-order valence-corrected chi connectivity index (χ4v) is 3.94. The minimum absolute atomic E-state index is 0.112. The molecule has 0 heterocycles. The van der Waals surface area contributed by atoms with Crippen LogP contribution in [0.15, 0.2) is 59.5 Å². The first-order valence-electron chi connectivity index (χ1n) is 5.09. The molecular weight excluding hydrogens is 271 g/mol. The molecule has 4 nitrogen and oxygen atoms in total. The summed E-state index contributed by atoms with van der Waals surface area (Å²) in [5.41, 5.74) is 0. The maximum Gasteiger partial charge on any atom is 0.416 e. The number of hydrogen-bond donors (Lipinski definition) is 1. The molecule has 0 aliphatic heterocycles. The van der Waals surface area contributed by atoms with Gasteiger partial charge >= 0.3 is 7.80 Å². The van der Waals surface area contributed by atoms with Gasteiger partial charge in [-0.05, 0) is 24.3 Å². The van der Waals surface area contributed by atoms with Crippen LogP contribution in [0.2, 0.25) is 0 Å². The van der Waals surface area contributed by atoms with Gasteiger partial charge in [-0.15, -0.1) is 0 Å². The number of rotatable bonds is 3. The summed E-state index contributed by atoms with van der Waals surface area (Å²) in [5, 5.41) is 0.629. The van der Waals surface area contributed by atoms with E-state index in [9.17, 15) is 13.0 Å². The van der Waals surface area contributed by atoms with Crippen molar-refractivity contribution in [2.75, 3.05) is 0 Å². The molecule has 0 amide bonds. The van der Waals surface area contributed by atoms with Gasteiger partial charge in [0.2, 0.25) is 5.30 Å². The third kappa shape index (κ3) is 2.64. The second kappa shape index (κ2) is 4.98. The highest BCUT2D eigenvalue weighted by Gasteiger charge is 2.31. The minimum Gasteiger partial charge on any atom is -0.282 e. The molecule has 0 bridgehead atoms. The molecule has 6 heteroatoms. The van der Waals surface area contributed by atoms with Crippen molar-refractivity contribution in [3.05, 3.63) is 54.6 Å². The molecule has 18 heavy (non-hydrogen) atoms. The van der Waals surface area contributed by atoms with Gasteiger partial charge in [0.15, 0.2) is 5.30 Å². The Bertz CT molecular complexity index is 680. The summed E-state index contributed by atoms with van der Waals surface area (Å²) >= 11 is 0. The first-order chi connectivity index (χ1) is 8.50. The molecule has 2 aromatic carbocycles. The zero-order valence-electron chi connectivity index (χ0n) is 9.22. The van der Waals surface area contributed by atoms with Crippen LogP contribution in [0.25, 0.3) is 0 Å². The van der Waals surface area contributed by atoms with Gasteiger partial charge in [0.1, 0.15) is 4.90 Å². The molecule has 1 unspecified atom stereocenters. The Labute approximate surface area is 106 Å². The first kappa shape index (κ1) is 12.9. The van der Waals surface area contributed by atoms with E-state index in [0.717, 1.165) is 0 Å². The Morgan fingerprint density at radius 1 is 0.889 bits per heavy atom. The lowest BCUT2D eigenvalue weighted by Gasteiger charge is -1.97. The predicted molar refractivity (Wildman–Crippen MR) is 69.6 cm³/mol. The molecular formula is C12H10O4PS+. The summed E-state index contributed by atoms with van der Waals surface area (Å²) < 4.78 is 43.8. The first-order valence-corrected chi connectivity index (χ1v) is 7.79. The third-order valence-corrected chi connectivity index (χ3v) is 5.01. The zero-order chi connectivity index (χ0) is 13.2. The fourth-order valence-electron chi connectivity index (χ4n) is 1.55. The van der Waals surface area contributed by atoms with Crippen molar-refractivity contribution >= 4 is 28.5 Å². The smallest absolute Gasteiger partial charge is 0.282 e. The molecule has 0 aliphatic carbocycles. The van der Waals surface area contributed by atoms with Crippen LogP contribution < -0.4 is 10.6 Å². The van der Waals surface area contributed by atoms with E-state index < -0.39 is 17.9 Å². The van der Waals surface area contributed by atoms with Crippen LogP contribution in [0.1, 0.15) is 0 Å². The lowest BCUT2D eigenvalue weighted by Crippen LogP contribution is -2.15. The topological polar surface area (TPSA) is 71.4 Å². The van der Waals surface area contributed by atoms with Gasteiger partial charge in [-0.25, -0.2) is 0 Å². The van der Waals surface area contributed by atoms with E-state index in [0.29, 0.717) is 5.30 Å². The lowest BCUT2D eigenvalue weighted by atomic mass is 10.4. The normalized spacial score (nSPS) is 12.2. The van der Waals surface area contributed by atoms with E-state index in [4.69, 9.17) is 4.55 Å². The molecule has 0 aromatic heterocycles. The predicted octanol–water partition coefficient (Wildman–Crippen LogP) is 1.71. The largest absolute Gasteiger partial charge is 0.416 e. The molecule has 0 aliphatic rings. The van der Waals surface area contributed by atoms with E-state index in [1.54, 1.807) is 36.4 Å². The van der Waals surface area contributed by atoms with Crippen molar-refractivity contribution in [1.82, 2.24) is 0 Å². The summed E-state index contributed by atoms with van der Waals surface area (Å²) in [6.45, 7) is 0. The fraction of sp³-hybridized carbons (Fsp3) is 0. The van der Waals surface area contributed by atoms with Crippen LogP contribution in [0, 0.1) is 0 Å². The van der Waals surface area contributed by atoms with Gasteiger partial charge in [0.05, 0.1) is 0 Å². The second-order valence-electron chi connectivity index (χ2n) is 3.57. The summed E-state index contributed by atoms with van der Waals surface area (Å²) in [6.07, 6.45) is 0. The van der Waals surface area contributed by atoms with Crippen LogP contribution in [0.5, 0.6) is 0 Å². The molecule has 2 aromatic rings. The molecule has 92 valence electrons. The lowest BCUT2D eigenvalue weighted by molar-refractivity contribution is 0.483. The van der Waals surface area contributed by atoms with Crippen LogP contribution in [0.3, 0.4) is 0 Å². The van der Waals surface area contributed by atoms with Gasteiger partial charge in [-0.3, -0.25) is 4.55 Å². The summed E-state index contributed by atoms with van der Waals surface area (Å²) in [6, 6.07) is 14.3. The summed E-state index contributed by atoms with van der Waals surface area (Å²) in [7, 11) is -6.42. The van der Waals surface area contributed by atoms with Crippen molar-refractivity contribution in [3.8, 4) is 0 Å². The number of benzene rings is 2. The van der Waals surface area contributed by atoms with Gasteiger partial charge in [0.25, 0.3) is 10.1 Å². The second-order valence-corrected chi connectivity index (χ2v) is 6.55. The average Bonchev–Trinajstić information content (AvgIpc) is 2.38. The highest BCUT2D eigenvalue weighted by Crippen LogP contribution is 2.23. The molecule has 1 N–H and O–H groups in total.